The summed E-state index contributed by atoms with van der Waals surface area (Å²) in [6, 6.07) is 65.9. The molecule has 2 aliphatic heterocycles. The highest BCUT2D eigenvalue weighted by atomic mass is 79.9. The summed E-state index contributed by atoms with van der Waals surface area (Å²) in [4.78, 5) is 83.8. The number of aromatic nitrogens is 1. The number of nitrogens with two attached hydrogens (primary N) is 1. The fourth-order valence-corrected chi connectivity index (χ4v) is 9.53. The minimum absolute atomic E-state index is 0.0250. The van der Waals surface area contributed by atoms with Crippen LogP contribution in [0.25, 0.3) is 16.6 Å². The molecule has 3 heterocycles. The number of para-hydroxylation sites is 3. The van der Waals surface area contributed by atoms with Crippen LogP contribution in [-0.4, -0.2) is 99.3 Å². The van der Waals surface area contributed by atoms with Gasteiger partial charge < -0.3 is 50.3 Å². The van der Waals surface area contributed by atoms with Crippen molar-refractivity contribution in [3.63, 3.8) is 0 Å². The molecule has 1 aromatic heterocycles. The molecule has 536 valence electrons. The average Bonchev–Trinajstić information content (AvgIpc) is 0.906. The second-order valence-electron chi connectivity index (χ2n) is 20.5. The summed E-state index contributed by atoms with van der Waals surface area (Å²) in [5.41, 5.74) is 12.8. The summed E-state index contributed by atoms with van der Waals surface area (Å²) in [6.07, 6.45) is 0.887. The van der Waals surface area contributed by atoms with E-state index in [9.17, 15) is 59.6 Å². The number of ether oxygens (including phenoxy) is 5. The Balaban J connectivity index is 0.000000222. The maximum Gasteiger partial charge on any atom is 0.320 e. The van der Waals surface area contributed by atoms with Crippen molar-refractivity contribution in [2.24, 2.45) is 0 Å². The highest BCUT2D eigenvalue weighted by Crippen LogP contribution is 2.33. The minimum atomic E-state index is -0.504. The average molecular weight is 1550 g/mol. The van der Waals surface area contributed by atoms with Gasteiger partial charge in [-0.2, -0.15) is 10.5 Å². The van der Waals surface area contributed by atoms with Crippen molar-refractivity contribution in [2.45, 2.75) is 25.9 Å². The molecule has 2 aliphatic rings. The van der Waals surface area contributed by atoms with Gasteiger partial charge in [0, 0.05) is 119 Å². The van der Waals surface area contributed by atoms with E-state index < -0.39 is 31.2 Å². The number of nitro groups is 4. The minimum Gasteiger partial charge on any atom is -0.465 e. The Morgan fingerprint density at radius 1 is 0.567 bits per heavy atom. The molecule has 31 heteroatoms. The Morgan fingerprint density at radius 3 is 1.41 bits per heavy atom. The predicted octanol–water partition coefficient (Wildman–Crippen LogP) is 14.7. The van der Waals surface area contributed by atoms with Gasteiger partial charge in [0.25, 0.3) is 28.3 Å². The second kappa shape index (κ2) is 44.8. The number of nitrogens with one attached hydrogen (secondary N) is 2. The molecule has 10 aromatic rings. The van der Waals surface area contributed by atoms with Gasteiger partial charge in [0.05, 0.1) is 77.5 Å². The number of halogens is 2. The third-order valence-electron chi connectivity index (χ3n) is 13.5. The first-order chi connectivity index (χ1) is 50.2. The molecular formula is C73H66Br2N10O19. The van der Waals surface area contributed by atoms with Crippen molar-refractivity contribution in [3.05, 3.63) is 312 Å². The van der Waals surface area contributed by atoms with Gasteiger partial charge in [-0.25, -0.2) is 0 Å². The molecular weight excluding hydrogens is 1480 g/mol. The Bertz CT molecular complexity index is 4610. The quantitative estimate of drug-likeness (QED) is 0.0197. The van der Waals surface area contributed by atoms with E-state index >= 15 is 0 Å². The molecule has 0 amide bonds. The lowest BCUT2D eigenvalue weighted by Gasteiger charge is -2.15. The monoisotopic (exact) mass is 1540 g/mol. The summed E-state index contributed by atoms with van der Waals surface area (Å²) in [6.45, 7) is 4.33. The molecule has 0 bridgehead atoms. The van der Waals surface area contributed by atoms with Crippen LogP contribution in [0.4, 0.5) is 51.2 Å². The van der Waals surface area contributed by atoms with E-state index in [2.05, 4.69) is 47.2 Å². The molecule has 0 saturated carbocycles. The van der Waals surface area contributed by atoms with Crippen molar-refractivity contribution < 1.29 is 68.0 Å². The summed E-state index contributed by atoms with van der Waals surface area (Å²) < 4.78 is 29.5. The number of aliphatic hydroxyl groups excluding tert-OH is 2. The number of rotatable bonds is 16. The fraction of sp³-hybridized carbons (Fsp3) is 0.151. The van der Waals surface area contributed by atoms with Crippen molar-refractivity contribution in [3.8, 4) is 17.8 Å². The van der Waals surface area contributed by atoms with E-state index in [1.54, 1.807) is 91.9 Å². The number of aldehydes is 2. The Labute approximate surface area is 610 Å². The Morgan fingerprint density at radius 2 is 0.971 bits per heavy atom. The number of nitro benzene ring substituents is 4. The highest BCUT2D eigenvalue weighted by Gasteiger charge is 2.22. The van der Waals surface area contributed by atoms with E-state index in [0.717, 1.165) is 49.4 Å². The standard InChI is InChI=1S/C16H9N3O3.C15H14N2O4.C13H10N2O3.C9H9BrO2.C7H5BrO.C6H6N2O2.C5H7NO2.C2H6O2/c17-10-12-9-11-3-1-2-4-15(11)18(16(12)20)13-5-7-14(8-6-13)19(21)22;18-17(19)12-7-5-11(6-8-12)16-14-4-2-1-3-13(14)15-20-9-10-21-15;16-9-10-3-1-2-4-13(10)14-11-5-7-12(8-6-11)15(17)18;10-8-4-2-1-3-7(8)9-11-5-6-12-9;8-7-4-2-1-3-6(7)5-9;7-5-1-3-6(4-2-5)8(9)10;1-2-8-5(7)3-4-6;3-1-2-4/h1-9H;1-8,15-16H,9-10H2;1-9,14H;1-4,9H,5-6H2;1-5H;1-4H,7H2;2-3H2,1H3;3-4H,1-2H2. The van der Waals surface area contributed by atoms with Crippen LogP contribution in [-0.2, 0) is 28.5 Å². The van der Waals surface area contributed by atoms with Gasteiger partial charge in [0.15, 0.2) is 25.2 Å². The number of carbonyl (C=O) groups is 3. The third kappa shape index (κ3) is 27.0. The van der Waals surface area contributed by atoms with E-state index in [-0.39, 0.29) is 60.5 Å². The molecule has 6 N–H and O–H groups in total. The number of anilines is 5. The number of fused-ring (bicyclic) bond motifs is 1. The van der Waals surface area contributed by atoms with Crippen LogP contribution in [0.5, 0.6) is 0 Å². The number of carbonyl (C=O) groups excluding carboxylic acids is 3. The number of hydrogen-bond acceptors (Lipinski definition) is 24. The second-order valence-corrected chi connectivity index (χ2v) is 22.2. The number of benzene rings is 9. The Hall–Kier alpha value is -12.3. The molecule has 29 nitrogen and oxygen atoms in total. The molecule has 104 heavy (non-hydrogen) atoms. The van der Waals surface area contributed by atoms with Gasteiger partial charge >= 0.3 is 5.97 Å². The number of nitrogen functional groups attached to an aromatic ring is 1. The lowest BCUT2D eigenvalue weighted by atomic mass is 10.1. The van der Waals surface area contributed by atoms with Crippen molar-refractivity contribution >= 4 is 112 Å². The summed E-state index contributed by atoms with van der Waals surface area (Å²) in [5.74, 6) is -0.449. The molecule has 2 fully saturated rings. The summed E-state index contributed by atoms with van der Waals surface area (Å²) >= 11 is 6.67. The van der Waals surface area contributed by atoms with Crippen LogP contribution in [0.3, 0.4) is 0 Å². The highest BCUT2D eigenvalue weighted by molar-refractivity contribution is 9.10. The van der Waals surface area contributed by atoms with E-state index in [4.69, 9.17) is 45.4 Å². The molecule has 2 saturated heterocycles. The van der Waals surface area contributed by atoms with Crippen LogP contribution >= 0.6 is 31.9 Å². The number of pyridine rings is 1. The summed E-state index contributed by atoms with van der Waals surface area (Å²) in [7, 11) is 0. The number of non-ortho nitro benzene ring substituents is 4. The van der Waals surface area contributed by atoms with Gasteiger partial charge in [-0.3, -0.25) is 64.2 Å². The number of esters is 1. The molecule has 0 spiro atoms. The van der Waals surface area contributed by atoms with E-state index in [1.165, 1.54) is 77.4 Å². The number of nitrogens with zero attached hydrogens (tertiary/aromatic N) is 7. The first-order valence-corrected chi connectivity index (χ1v) is 32.4. The van der Waals surface area contributed by atoms with Crippen LogP contribution < -0.4 is 21.9 Å². The number of aliphatic hydroxyl groups is 2. The Kier molecular flexibility index (Phi) is 35.4. The lowest BCUT2D eigenvalue weighted by molar-refractivity contribution is -0.385. The summed E-state index contributed by atoms with van der Waals surface area (Å²) in [5, 5.41) is 81.3. The van der Waals surface area contributed by atoms with Crippen LogP contribution in [0.1, 0.15) is 63.3 Å². The van der Waals surface area contributed by atoms with Crippen molar-refractivity contribution in [1.29, 1.82) is 10.5 Å². The zero-order chi connectivity index (χ0) is 75.8. The van der Waals surface area contributed by atoms with Gasteiger partial charge in [-0.1, -0.05) is 117 Å². The molecule has 9 aromatic carbocycles. The number of nitriles is 2. The van der Waals surface area contributed by atoms with Gasteiger partial charge in [0.1, 0.15) is 18.1 Å². The van der Waals surface area contributed by atoms with Gasteiger partial charge in [-0.15, -0.1) is 0 Å². The maximum absolute atomic E-state index is 12.4. The van der Waals surface area contributed by atoms with E-state index in [0.29, 0.717) is 72.4 Å². The molecule has 0 atom stereocenters. The smallest absolute Gasteiger partial charge is 0.320 e. The number of hydrogen-bond donors (Lipinski definition) is 5. The first-order valence-electron chi connectivity index (χ1n) is 30.8. The van der Waals surface area contributed by atoms with E-state index in [1.807, 2.05) is 78.9 Å². The normalized spacial score (nSPS) is 11.6. The zero-order valence-corrected chi connectivity index (χ0v) is 58.3. The lowest BCUT2D eigenvalue weighted by Crippen LogP contribution is -2.21. The van der Waals surface area contributed by atoms with Gasteiger partial charge in [-0.05, 0) is 97.9 Å². The van der Waals surface area contributed by atoms with Crippen LogP contribution in [0.15, 0.2) is 238 Å². The predicted molar refractivity (Wildman–Crippen MR) is 393 cm³/mol. The zero-order valence-electron chi connectivity index (χ0n) is 55.1. The fourth-order valence-electron chi connectivity index (χ4n) is 8.68. The molecule has 0 radical (unpaired) electrons. The molecule has 12 rings (SSSR count). The first kappa shape index (κ1) is 82.4. The van der Waals surface area contributed by atoms with Crippen molar-refractivity contribution in [2.75, 3.05) is 62.6 Å². The largest absolute Gasteiger partial charge is 0.465 e. The maximum atomic E-state index is 12.4. The van der Waals surface area contributed by atoms with Gasteiger partial charge in [0.2, 0.25) is 0 Å². The van der Waals surface area contributed by atoms with Crippen LogP contribution in [0.2, 0.25) is 0 Å². The third-order valence-corrected chi connectivity index (χ3v) is 15.0. The molecule has 0 unspecified atom stereocenters. The topological polar surface area (TPSA) is 430 Å². The molecule has 0 aliphatic carbocycles. The SMILES string of the molecule is Brc1ccccc1C1OCCO1.CCOC(=O)CC#N.N#Cc1cc2ccccc2n(-c2ccc([N+](=O)[O-])cc2)c1=O.Nc1ccc([N+](=O)[O-])cc1.O=Cc1ccccc1Br.O=Cc1ccccc1Nc1ccc([N+](=O)[O-])cc1.O=[N+]([O-])c1ccc(Nc2ccccc2C2OCCO2)cc1.OCCO. The van der Waals surface area contributed by atoms with Crippen molar-refractivity contribution in [1.82, 2.24) is 4.57 Å². The van der Waals surface area contributed by atoms with Crippen LogP contribution in [0, 0.1) is 63.1 Å².